The van der Waals surface area contributed by atoms with E-state index in [1.807, 2.05) is 12.1 Å². The van der Waals surface area contributed by atoms with Crippen molar-refractivity contribution in [2.45, 2.75) is 50.5 Å². The lowest BCUT2D eigenvalue weighted by molar-refractivity contribution is 0.139. The number of fused-ring (bicyclic) bond motifs is 1. The van der Waals surface area contributed by atoms with Crippen LogP contribution in [0.15, 0.2) is 18.2 Å². The number of anilines is 1. The van der Waals surface area contributed by atoms with Gasteiger partial charge in [0.25, 0.3) is 0 Å². The molecule has 2 atom stereocenters. The summed E-state index contributed by atoms with van der Waals surface area (Å²) in [6.07, 6.45) is 7.26. The van der Waals surface area contributed by atoms with Crippen molar-refractivity contribution in [1.29, 1.82) is 0 Å². The molecular weight excluding hydrogens is 262 g/mol. The van der Waals surface area contributed by atoms with Crippen LogP contribution in [0.1, 0.15) is 56.3 Å². The summed E-state index contributed by atoms with van der Waals surface area (Å²) in [5.74, 6) is 2.20. The fraction of sp³-hybridized carbons (Fsp3) is 0.588. The van der Waals surface area contributed by atoms with Crippen molar-refractivity contribution in [3.8, 4) is 0 Å². The first-order chi connectivity index (χ1) is 10.3. The van der Waals surface area contributed by atoms with Crippen molar-refractivity contribution >= 4 is 16.7 Å². The molecule has 0 bridgehead atoms. The zero-order valence-corrected chi connectivity index (χ0v) is 12.3. The molecule has 1 heterocycles. The molecule has 3 N–H and O–H groups in total. The summed E-state index contributed by atoms with van der Waals surface area (Å²) in [5, 5.41) is 9.77. The zero-order chi connectivity index (χ0) is 14.4. The molecule has 4 heteroatoms. The van der Waals surface area contributed by atoms with Gasteiger partial charge in [0.05, 0.1) is 11.0 Å². The standard InChI is InChI=1S/C17H23N3O/c18-13-7-8-16-14(9-13)19-17(11-5-6-11)20(16)15-4-2-1-3-12(15)10-21/h7-9,11-12,15,21H,1-6,10,18H2. The largest absolute Gasteiger partial charge is 0.399 e. The molecule has 4 rings (SSSR count). The van der Waals surface area contributed by atoms with Crippen molar-refractivity contribution in [3.05, 3.63) is 24.0 Å². The van der Waals surface area contributed by atoms with Gasteiger partial charge in [-0.1, -0.05) is 12.8 Å². The molecule has 2 saturated carbocycles. The van der Waals surface area contributed by atoms with E-state index in [9.17, 15) is 5.11 Å². The number of benzene rings is 1. The van der Waals surface area contributed by atoms with Crippen molar-refractivity contribution < 1.29 is 5.11 Å². The minimum Gasteiger partial charge on any atom is -0.399 e. The Morgan fingerprint density at radius 1 is 1.19 bits per heavy atom. The van der Waals surface area contributed by atoms with Gasteiger partial charge in [-0.25, -0.2) is 4.98 Å². The molecule has 21 heavy (non-hydrogen) atoms. The van der Waals surface area contributed by atoms with Crippen LogP contribution in [0.2, 0.25) is 0 Å². The average Bonchev–Trinajstić information content (AvgIpc) is 3.28. The average molecular weight is 285 g/mol. The van der Waals surface area contributed by atoms with E-state index in [-0.39, 0.29) is 6.61 Å². The van der Waals surface area contributed by atoms with Gasteiger partial charge in [-0.3, -0.25) is 0 Å². The number of nitrogen functional groups attached to an aromatic ring is 1. The summed E-state index contributed by atoms with van der Waals surface area (Å²) < 4.78 is 2.44. The van der Waals surface area contributed by atoms with Crippen LogP contribution in [0.25, 0.3) is 11.0 Å². The highest BCUT2D eigenvalue weighted by Crippen LogP contribution is 2.45. The first-order valence-corrected chi connectivity index (χ1v) is 8.16. The van der Waals surface area contributed by atoms with Crippen LogP contribution < -0.4 is 5.73 Å². The minimum atomic E-state index is 0.281. The number of aromatic nitrogens is 2. The normalized spacial score (nSPS) is 26.3. The molecule has 0 aliphatic heterocycles. The molecule has 2 aliphatic rings. The van der Waals surface area contributed by atoms with E-state index in [0.717, 1.165) is 24.0 Å². The molecule has 2 fully saturated rings. The minimum absolute atomic E-state index is 0.281. The van der Waals surface area contributed by atoms with Crippen LogP contribution in [0.4, 0.5) is 5.69 Å². The van der Waals surface area contributed by atoms with Gasteiger partial charge in [0.1, 0.15) is 5.82 Å². The smallest absolute Gasteiger partial charge is 0.113 e. The van der Waals surface area contributed by atoms with E-state index in [1.165, 1.54) is 37.0 Å². The second-order valence-corrected chi connectivity index (χ2v) is 6.66. The monoisotopic (exact) mass is 285 g/mol. The molecule has 2 aliphatic carbocycles. The van der Waals surface area contributed by atoms with E-state index in [0.29, 0.717) is 17.9 Å². The molecule has 112 valence electrons. The summed E-state index contributed by atoms with van der Waals surface area (Å²) in [4.78, 5) is 4.88. The maximum absolute atomic E-state index is 9.77. The van der Waals surface area contributed by atoms with Crippen LogP contribution in [0.5, 0.6) is 0 Å². The predicted molar refractivity (Wildman–Crippen MR) is 84.2 cm³/mol. The number of aliphatic hydroxyl groups is 1. The lowest BCUT2D eigenvalue weighted by Gasteiger charge is -2.33. The summed E-state index contributed by atoms with van der Waals surface area (Å²) >= 11 is 0. The topological polar surface area (TPSA) is 64.1 Å². The Balaban J connectivity index is 1.86. The van der Waals surface area contributed by atoms with Crippen molar-refractivity contribution in [2.75, 3.05) is 12.3 Å². The Labute approximate surface area is 125 Å². The van der Waals surface area contributed by atoms with Gasteiger partial charge in [0, 0.05) is 30.2 Å². The van der Waals surface area contributed by atoms with Gasteiger partial charge in [-0.05, 0) is 43.9 Å². The molecule has 2 aromatic rings. The first-order valence-electron chi connectivity index (χ1n) is 8.16. The van der Waals surface area contributed by atoms with E-state index >= 15 is 0 Å². The summed E-state index contributed by atoms with van der Waals surface area (Å²) in [7, 11) is 0. The summed E-state index contributed by atoms with van der Waals surface area (Å²) in [5.41, 5.74) is 8.90. The van der Waals surface area contributed by atoms with E-state index in [4.69, 9.17) is 10.7 Å². The van der Waals surface area contributed by atoms with E-state index in [1.54, 1.807) is 0 Å². The third-order valence-electron chi connectivity index (χ3n) is 5.12. The van der Waals surface area contributed by atoms with Gasteiger partial charge in [-0.2, -0.15) is 0 Å². The second kappa shape index (κ2) is 5.02. The first kappa shape index (κ1) is 13.1. The van der Waals surface area contributed by atoms with Crippen LogP contribution in [-0.4, -0.2) is 21.3 Å². The predicted octanol–water partition coefficient (Wildman–Crippen LogP) is 3.22. The maximum atomic E-state index is 9.77. The Morgan fingerprint density at radius 3 is 2.76 bits per heavy atom. The van der Waals surface area contributed by atoms with Gasteiger partial charge < -0.3 is 15.4 Å². The van der Waals surface area contributed by atoms with Gasteiger partial charge in [-0.15, -0.1) is 0 Å². The molecule has 2 unspecified atom stereocenters. The third-order valence-corrected chi connectivity index (χ3v) is 5.12. The second-order valence-electron chi connectivity index (χ2n) is 6.66. The van der Waals surface area contributed by atoms with Crippen LogP contribution in [0.3, 0.4) is 0 Å². The Kier molecular flexibility index (Phi) is 3.14. The lowest BCUT2D eigenvalue weighted by atomic mass is 9.84. The fourth-order valence-corrected chi connectivity index (χ4v) is 3.85. The third kappa shape index (κ3) is 2.22. The SMILES string of the molecule is Nc1ccc2c(c1)nc(C1CC1)n2C1CCCCC1CO. The zero-order valence-electron chi connectivity index (χ0n) is 12.3. The van der Waals surface area contributed by atoms with Gasteiger partial charge in [0.2, 0.25) is 0 Å². The Morgan fingerprint density at radius 2 is 2.00 bits per heavy atom. The highest BCUT2D eigenvalue weighted by Gasteiger charge is 2.35. The molecule has 0 saturated heterocycles. The Hall–Kier alpha value is -1.55. The van der Waals surface area contributed by atoms with Crippen LogP contribution in [-0.2, 0) is 0 Å². The highest BCUT2D eigenvalue weighted by molar-refractivity contribution is 5.80. The maximum Gasteiger partial charge on any atom is 0.113 e. The lowest BCUT2D eigenvalue weighted by Crippen LogP contribution is -2.27. The van der Waals surface area contributed by atoms with Crippen LogP contribution in [0, 0.1) is 5.92 Å². The molecule has 0 amide bonds. The van der Waals surface area contributed by atoms with E-state index in [2.05, 4.69) is 10.6 Å². The summed E-state index contributed by atoms with van der Waals surface area (Å²) in [6.45, 7) is 0.281. The number of hydrogen-bond donors (Lipinski definition) is 2. The number of nitrogens with two attached hydrogens (primary N) is 1. The van der Waals surface area contributed by atoms with E-state index < -0.39 is 0 Å². The Bertz CT molecular complexity index is 659. The number of aliphatic hydroxyl groups excluding tert-OH is 1. The molecule has 4 nitrogen and oxygen atoms in total. The molecule has 1 aromatic heterocycles. The fourth-order valence-electron chi connectivity index (χ4n) is 3.85. The quantitative estimate of drug-likeness (QED) is 0.851. The van der Waals surface area contributed by atoms with Crippen molar-refractivity contribution in [1.82, 2.24) is 9.55 Å². The molecule has 1 aromatic carbocycles. The molecular formula is C17H23N3O. The number of hydrogen-bond acceptors (Lipinski definition) is 3. The molecule has 0 radical (unpaired) electrons. The van der Waals surface area contributed by atoms with Gasteiger partial charge >= 0.3 is 0 Å². The molecule has 0 spiro atoms. The number of nitrogens with zero attached hydrogens (tertiary/aromatic N) is 2. The summed E-state index contributed by atoms with van der Waals surface area (Å²) in [6, 6.07) is 6.45. The van der Waals surface area contributed by atoms with Crippen molar-refractivity contribution in [2.24, 2.45) is 5.92 Å². The van der Waals surface area contributed by atoms with Crippen LogP contribution >= 0.6 is 0 Å². The number of imidazole rings is 1. The van der Waals surface area contributed by atoms with Crippen molar-refractivity contribution in [3.63, 3.8) is 0 Å². The highest BCUT2D eigenvalue weighted by atomic mass is 16.3. The number of rotatable bonds is 3. The van der Waals surface area contributed by atoms with Gasteiger partial charge in [0.15, 0.2) is 0 Å².